The fourth-order valence-electron chi connectivity index (χ4n) is 1.91. The predicted octanol–water partition coefficient (Wildman–Crippen LogP) is 1.13. The molecule has 5 nitrogen and oxygen atoms in total. The molecule has 0 bridgehead atoms. The maximum absolute atomic E-state index is 12.1. The van der Waals surface area contributed by atoms with E-state index in [1.54, 1.807) is 27.7 Å². The maximum atomic E-state index is 12.1. The molecular formula is C12H19NO4. The van der Waals surface area contributed by atoms with Crippen LogP contribution in [0, 0.1) is 16.7 Å². The fourth-order valence-corrected chi connectivity index (χ4v) is 1.91. The molecule has 1 rings (SSSR count). The number of carbonyl (C=O) groups is 3. The minimum atomic E-state index is -1.49. The molecular weight excluding hydrogens is 222 g/mol. The van der Waals surface area contributed by atoms with Crippen molar-refractivity contribution in [1.82, 2.24) is 4.90 Å². The quantitative estimate of drug-likeness (QED) is 0.698. The van der Waals surface area contributed by atoms with Gasteiger partial charge in [-0.3, -0.25) is 19.3 Å². The third-order valence-electron chi connectivity index (χ3n) is 3.46. The van der Waals surface area contributed by atoms with Gasteiger partial charge in [0.1, 0.15) is 5.41 Å². The van der Waals surface area contributed by atoms with Crippen molar-refractivity contribution in [2.45, 2.75) is 34.6 Å². The summed E-state index contributed by atoms with van der Waals surface area (Å²) in [5.74, 6) is -2.46. The van der Waals surface area contributed by atoms with Crippen molar-refractivity contribution in [3.05, 3.63) is 0 Å². The van der Waals surface area contributed by atoms with E-state index in [1.807, 2.05) is 0 Å². The van der Waals surface area contributed by atoms with Crippen molar-refractivity contribution in [3.63, 3.8) is 0 Å². The van der Waals surface area contributed by atoms with Crippen molar-refractivity contribution in [2.75, 3.05) is 6.54 Å². The Kier molecular flexibility index (Phi) is 3.07. The van der Waals surface area contributed by atoms with Crippen LogP contribution in [-0.4, -0.2) is 34.3 Å². The molecule has 0 spiro atoms. The lowest BCUT2D eigenvalue weighted by Gasteiger charge is -2.25. The summed E-state index contributed by atoms with van der Waals surface area (Å²) in [4.78, 5) is 36.4. The van der Waals surface area contributed by atoms with Crippen LogP contribution in [0.5, 0.6) is 0 Å². The van der Waals surface area contributed by atoms with E-state index in [0.29, 0.717) is 0 Å². The monoisotopic (exact) mass is 241 g/mol. The summed E-state index contributed by atoms with van der Waals surface area (Å²) in [7, 11) is 0. The van der Waals surface area contributed by atoms with Crippen molar-refractivity contribution in [3.8, 4) is 0 Å². The van der Waals surface area contributed by atoms with Crippen molar-refractivity contribution in [2.24, 2.45) is 16.7 Å². The Morgan fingerprint density at radius 1 is 1.41 bits per heavy atom. The Labute approximate surface area is 101 Å². The van der Waals surface area contributed by atoms with Crippen LogP contribution in [0.4, 0.5) is 0 Å². The molecule has 1 aliphatic heterocycles. The highest BCUT2D eigenvalue weighted by atomic mass is 16.4. The highest BCUT2D eigenvalue weighted by Crippen LogP contribution is 2.38. The first-order chi connectivity index (χ1) is 7.52. The zero-order chi connectivity index (χ0) is 13.6. The molecule has 17 heavy (non-hydrogen) atoms. The maximum Gasteiger partial charge on any atom is 0.319 e. The second-order valence-electron chi connectivity index (χ2n) is 5.88. The van der Waals surface area contributed by atoms with Crippen molar-refractivity contribution >= 4 is 17.8 Å². The largest absolute Gasteiger partial charge is 0.480 e. The fraction of sp³-hybridized carbons (Fsp3) is 0.750. The van der Waals surface area contributed by atoms with Crippen molar-refractivity contribution in [1.29, 1.82) is 0 Å². The molecule has 1 saturated heterocycles. The first-order valence-electron chi connectivity index (χ1n) is 5.62. The third kappa shape index (κ3) is 1.94. The van der Waals surface area contributed by atoms with Gasteiger partial charge >= 0.3 is 5.97 Å². The molecule has 96 valence electrons. The van der Waals surface area contributed by atoms with Crippen molar-refractivity contribution < 1.29 is 19.5 Å². The van der Waals surface area contributed by atoms with Gasteiger partial charge in [0, 0.05) is 12.0 Å². The zero-order valence-corrected chi connectivity index (χ0v) is 10.9. The summed E-state index contributed by atoms with van der Waals surface area (Å²) in [5, 5.41) is 9.16. The Bertz CT molecular complexity index is 382. The molecule has 0 aromatic heterocycles. The van der Waals surface area contributed by atoms with Crippen LogP contribution in [0.15, 0.2) is 0 Å². The summed E-state index contributed by atoms with van der Waals surface area (Å²) in [6.45, 7) is 8.38. The van der Waals surface area contributed by atoms with E-state index in [1.165, 1.54) is 6.92 Å². The first-order valence-corrected chi connectivity index (χ1v) is 5.62. The SMILES string of the molecule is CC1CN(C(=O)C(C)(C)C)C(=O)C1(C)C(=O)O. The number of aliphatic carboxylic acids is 1. The number of carbonyl (C=O) groups excluding carboxylic acids is 2. The van der Waals surface area contributed by atoms with Gasteiger partial charge in [-0.15, -0.1) is 0 Å². The minimum Gasteiger partial charge on any atom is -0.480 e. The number of nitrogens with zero attached hydrogens (tertiary/aromatic N) is 1. The first kappa shape index (κ1) is 13.7. The van der Waals surface area contributed by atoms with Crippen LogP contribution in [0.2, 0.25) is 0 Å². The molecule has 0 aromatic carbocycles. The molecule has 1 fully saturated rings. The summed E-state index contributed by atoms with van der Waals surface area (Å²) in [6.07, 6.45) is 0. The van der Waals surface area contributed by atoms with Gasteiger partial charge in [-0.25, -0.2) is 0 Å². The van der Waals surface area contributed by atoms with Crippen LogP contribution in [0.1, 0.15) is 34.6 Å². The topological polar surface area (TPSA) is 74.7 Å². The van der Waals surface area contributed by atoms with E-state index >= 15 is 0 Å². The van der Waals surface area contributed by atoms with Gasteiger partial charge in [0.2, 0.25) is 11.8 Å². The van der Waals surface area contributed by atoms with E-state index in [4.69, 9.17) is 5.11 Å². The number of carboxylic acid groups (broad SMARTS) is 1. The van der Waals surface area contributed by atoms with Gasteiger partial charge in [0.05, 0.1) is 0 Å². The molecule has 0 saturated carbocycles. The Balaban J connectivity index is 3.09. The molecule has 0 aliphatic carbocycles. The van der Waals surface area contributed by atoms with Gasteiger partial charge in [0.25, 0.3) is 0 Å². The number of imide groups is 1. The van der Waals surface area contributed by atoms with Crippen LogP contribution in [0.25, 0.3) is 0 Å². The lowest BCUT2D eigenvalue weighted by Crippen LogP contribution is -2.45. The zero-order valence-electron chi connectivity index (χ0n) is 10.9. The summed E-state index contributed by atoms with van der Waals surface area (Å²) < 4.78 is 0. The molecule has 2 amide bonds. The van der Waals surface area contributed by atoms with Crippen LogP contribution in [0.3, 0.4) is 0 Å². The second kappa shape index (κ2) is 3.82. The Morgan fingerprint density at radius 2 is 1.88 bits per heavy atom. The van der Waals surface area contributed by atoms with E-state index in [0.717, 1.165) is 4.90 Å². The number of carboxylic acids is 1. The van der Waals surface area contributed by atoms with Gasteiger partial charge in [0.15, 0.2) is 0 Å². The molecule has 5 heteroatoms. The normalized spacial score (nSPS) is 29.6. The molecule has 1 N–H and O–H groups in total. The van der Waals surface area contributed by atoms with E-state index < -0.39 is 22.7 Å². The average Bonchev–Trinajstić information content (AvgIpc) is 2.41. The van der Waals surface area contributed by atoms with E-state index in [2.05, 4.69) is 0 Å². The van der Waals surface area contributed by atoms with Crippen LogP contribution >= 0.6 is 0 Å². The highest BCUT2D eigenvalue weighted by molar-refractivity contribution is 6.10. The number of rotatable bonds is 1. The van der Waals surface area contributed by atoms with Gasteiger partial charge in [-0.2, -0.15) is 0 Å². The predicted molar refractivity (Wildman–Crippen MR) is 61.1 cm³/mol. The molecule has 0 aromatic rings. The smallest absolute Gasteiger partial charge is 0.319 e. The minimum absolute atomic E-state index is 0.178. The molecule has 1 heterocycles. The molecule has 2 atom stereocenters. The molecule has 1 aliphatic rings. The second-order valence-corrected chi connectivity index (χ2v) is 5.88. The highest BCUT2D eigenvalue weighted by Gasteiger charge is 2.56. The third-order valence-corrected chi connectivity index (χ3v) is 3.46. The lowest BCUT2D eigenvalue weighted by atomic mass is 9.80. The van der Waals surface area contributed by atoms with Crippen LogP contribution < -0.4 is 0 Å². The van der Waals surface area contributed by atoms with Gasteiger partial charge < -0.3 is 5.11 Å². The number of hydrogen-bond acceptors (Lipinski definition) is 3. The molecule has 2 unspecified atom stereocenters. The number of likely N-dealkylation sites (tertiary alicyclic amines) is 1. The van der Waals surface area contributed by atoms with Gasteiger partial charge in [-0.05, 0) is 12.8 Å². The van der Waals surface area contributed by atoms with E-state index in [9.17, 15) is 14.4 Å². The lowest BCUT2D eigenvalue weighted by molar-refractivity contribution is -0.159. The number of hydrogen-bond donors (Lipinski definition) is 1. The standard InChI is InChI=1S/C12H19NO4/c1-7-6-13(8(14)11(2,3)4)9(15)12(7,5)10(16)17/h7H,6H2,1-5H3,(H,16,17). The molecule has 0 radical (unpaired) electrons. The Hall–Kier alpha value is -1.39. The summed E-state index contributed by atoms with van der Waals surface area (Å²) >= 11 is 0. The Morgan fingerprint density at radius 3 is 2.18 bits per heavy atom. The average molecular weight is 241 g/mol. The van der Waals surface area contributed by atoms with Crippen LogP contribution in [-0.2, 0) is 14.4 Å². The summed E-state index contributed by atoms with van der Waals surface area (Å²) in [6, 6.07) is 0. The number of amides is 2. The summed E-state index contributed by atoms with van der Waals surface area (Å²) in [5.41, 5.74) is -2.17. The van der Waals surface area contributed by atoms with Gasteiger partial charge in [-0.1, -0.05) is 27.7 Å². The van der Waals surface area contributed by atoms with E-state index in [-0.39, 0.29) is 18.4 Å².